The number of fused-ring (bicyclic) bond motifs is 1. The van der Waals surface area contributed by atoms with Crippen LogP contribution in [0.25, 0.3) is 0 Å². The van der Waals surface area contributed by atoms with Crippen molar-refractivity contribution in [2.24, 2.45) is 5.73 Å². The Labute approximate surface area is 162 Å². The van der Waals surface area contributed by atoms with E-state index < -0.39 is 11.3 Å². The zero-order valence-corrected chi connectivity index (χ0v) is 15.2. The summed E-state index contributed by atoms with van der Waals surface area (Å²) >= 11 is 6.34. The lowest BCUT2D eigenvalue weighted by Crippen LogP contribution is -2.38. The average Bonchev–Trinajstić information content (AvgIpc) is 2.97. The number of rotatable bonds is 4. The quantitative estimate of drug-likeness (QED) is 0.724. The van der Waals surface area contributed by atoms with Crippen LogP contribution in [0.15, 0.2) is 72.8 Å². The van der Waals surface area contributed by atoms with E-state index in [1.807, 2.05) is 48.5 Å². The number of primary amides is 1. The van der Waals surface area contributed by atoms with Crippen molar-refractivity contribution < 1.29 is 9.59 Å². The lowest BCUT2D eigenvalue weighted by Gasteiger charge is -2.28. The highest BCUT2D eigenvalue weighted by atomic mass is 35.5. The molecule has 3 N–H and O–H groups in total. The van der Waals surface area contributed by atoms with Gasteiger partial charge in [0.05, 0.1) is 10.7 Å². The lowest BCUT2D eigenvalue weighted by molar-refractivity contribution is -0.119. The molecule has 4 nitrogen and oxygen atoms in total. The predicted octanol–water partition coefficient (Wildman–Crippen LogP) is 3.92. The van der Waals surface area contributed by atoms with Gasteiger partial charge in [-0.1, -0.05) is 66.2 Å². The zero-order chi connectivity index (χ0) is 19.0. The Morgan fingerprint density at radius 3 is 2.48 bits per heavy atom. The summed E-state index contributed by atoms with van der Waals surface area (Å²) in [5.41, 5.74) is 8.09. The van der Waals surface area contributed by atoms with Crippen LogP contribution in [0, 0.1) is 0 Å². The number of hydrogen-bond donors (Lipinski definition) is 2. The van der Waals surface area contributed by atoms with Crippen LogP contribution in [-0.4, -0.2) is 11.8 Å². The van der Waals surface area contributed by atoms with Crippen LogP contribution >= 0.6 is 11.6 Å². The Kier molecular flexibility index (Phi) is 4.21. The van der Waals surface area contributed by atoms with Gasteiger partial charge >= 0.3 is 0 Å². The van der Waals surface area contributed by atoms with Crippen LogP contribution in [0.2, 0.25) is 5.02 Å². The molecule has 0 saturated heterocycles. The van der Waals surface area contributed by atoms with Crippen molar-refractivity contribution in [1.82, 2.24) is 0 Å². The minimum Gasteiger partial charge on any atom is -0.366 e. The summed E-state index contributed by atoms with van der Waals surface area (Å²) in [6, 6.07) is 22.2. The third-order valence-electron chi connectivity index (χ3n) is 5.05. The van der Waals surface area contributed by atoms with Gasteiger partial charge in [0.15, 0.2) is 0 Å². The molecule has 3 aromatic rings. The van der Waals surface area contributed by atoms with E-state index in [-0.39, 0.29) is 5.91 Å². The van der Waals surface area contributed by atoms with Crippen LogP contribution in [0.3, 0.4) is 0 Å². The van der Waals surface area contributed by atoms with Crippen LogP contribution in [0.1, 0.15) is 27.0 Å². The van der Waals surface area contributed by atoms with E-state index in [1.54, 1.807) is 24.3 Å². The fraction of sp³-hybridized carbons (Fsp3) is 0.0909. The number of carbonyl (C=O) groups excluding carboxylic acids is 2. The molecule has 0 fully saturated rings. The number of halogens is 1. The van der Waals surface area contributed by atoms with E-state index in [0.717, 1.165) is 16.7 Å². The second-order valence-electron chi connectivity index (χ2n) is 6.63. The number of nitrogens with one attached hydrogen (secondary N) is 1. The molecule has 1 unspecified atom stereocenters. The molecule has 27 heavy (non-hydrogen) atoms. The summed E-state index contributed by atoms with van der Waals surface area (Å²) < 4.78 is 0. The van der Waals surface area contributed by atoms with Gasteiger partial charge in [-0.3, -0.25) is 9.59 Å². The highest BCUT2D eigenvalue weighted by molar-refractivity contribution is 6.35. The highest BCUT2D eigenvalue weighted by Gasteiger charge is 2.48. The number of benzene rings is 3. The van der Waals surface area contributed by atoms with Gasteiger partial charge in [-0.25, -0.2) is 0 Å². The van der Waals surface area contributed by atoms with Crippen molar-refractivity contribution >= 4 is 29.1 Å². The normalized spacial score (nSPS) is 18.0. The molecule has 0 saturated carbocycles. The molecule has 134 valence electrons. The largest absolute Gasteiger partial charge is 0.366 e. The number of carbonyl (C=O) groups is 2. The second kappa shape index (κ2) is 6.56. The number of hydrogen-bond acceptors (Lipinski definition) is 2. The first-order valence-electron chi connectivity index (χ1n) is 8.57. The Morgan fingerprint density at radius 2 is 1.74 bits per heavy atom. The van der Waals surface area contributed by atoms with E-state index >= 15 is 0 Å². The average molecular weight is 377 g/mol. The molecule has 0 radical (unpaired) electrons. The zero-order valence-electron chi connectivity index (χ0n) is 14.4. The fourth-order valence-electron chi connectivity index (χ4n) is 3.78. The summed E-state index contributed by atoms with van der Waals surface area (Å²) in [6.45, 7) is 0. The summed E-state index contributed by atoms with van der Waals surface area (Å²) in [6.07, 6.45) is 0.386. The first-order valence-corrected chi connectivity index (χ1v) is 8.95. The van der Waals surface area contributed by atoms with Crippen molar-refractivity contribution in [3.63, 3.8) is 0 Å². The molecule has 2 amide bonds. The van der Waals surface area contributed by atoms with Gasteiger partial charge < -0.3 is 11.1 Å². The molecule has 3 aromatic carbocycles. The molecule has 1 aliphatic heterocycles. The van der Waals surface area contributed by atoms with Gasteiger partial charge in [-0.05, 0) is 41.3 Å². The van der Waals surface area contributed by atoms with Gasteiger partial charge in [0.1, 0.15) is 5.41 Å². The summed E-state index contributed by atoms with van der Waals surface area (Å²) in [7, 11) is 0. The second-order valence-corrected chi connectivity index (χ2v) is 7.04. The maximum absolute atomic E-state index is 13.3. The van der Waals surface area contributed by atoms with E-state index in [0.29, 0.717) is 22.7 Å². The smallest absolute Gasteiger partial charge is 0.248 e. The topological polar surface area (TPSA) is 72.2 Å². The fourth-order valence-corrected chi connectivity index (χ4v) is 4.00. The molecule has 0 spiro atoms. The number of anilines is 1. The number of nitrogens with two attached hydrogens (primary N) is 1. The molecule has 5 heteroatoms. The SMILES string of the molecule is NC(=O)c1cccc(CC2(c3ccccc3)C(=O)Nc3c(Cl)cccc32)c1. The minimum atomic E-state index is -0.933. The molecule has 0 bridgehead atoms. The molecule has 0 aliphatic carbocycles. The maximum atomic E-state index is 13.3. The Morgan fingerprint density at radius 1 is 1.00 bits per heavy atom. The molecular weight excluding hydrogens is 360 g/mol. The molecule has 1 aliphatic rings. The molecule has 1 atom stereocenters. The van der Waals surface area contributed by atoms with Crippen LogP contribution in [-0.2, 0) is 16.6 Å². The molecular formula is C22H17ClN2O2. The monoisotopic (exact) mass is 376 g/mol. The third-order valence-corrected chi connectivity index (χ3v) is 5.36. The third kappa shape index (κ3) is 2.78. The van der Waals surface area contributed by atoms with Crippen molar-refractivity contribution in [3.8, 4) is 0 Å². The van der Waals surface area contributed by atoms with E-state index in [9.17, 15) is 9.59 Å². The van der Waals surface area contributed by atoms with Crippen LogP contribution in [0.4, 0.5) is 5.69 Å². The van der Waals surface area contributed by atoms with E-state index in [2.05, 4.69) is 5.32 Å². The van der Waals surface area contributed by atoms with E-state index in [1.165, 1.54) is 0 Å². The number of amides is 2. The Hall–Kier alpha value is -3.11. The van der Waals surface area contributed by atoms with Gasteiger partial charge in [0.2, 0.25) is 11.8 Å². The summed E-state index contributed by atoms with van der Waals surface area (Å²) in [5.74, 6) is -0.633. The highest BCUT2D eigenvalue weighted by Crippen LogP contribution is 2.47. The first kappa shape index (κ1) is 17.3. The van der Waals surface area contributed by atoms with Crippen LogP contribution in [0.5, 0.6) is 0 Å². The molecule has 4 rings (SSSR count). The summed E-state index contributed by atoms with van der Waals surface area (Å²) in [5, 5.41) is 3.45. The molecule has 0 aromatic heterocycles. The van der Waals surface area contributed by atoms with Gasteiger partial charge in [0.25, 0.3) is 0 Å². The van der Waals surface area contributed by atoms with Crippen LogP contribution < -0.4 is 11.1 Å². The van der Waals surface area contributed by atoms with Gasteiger partial charge in [0, 0.05) is 5.56 Å². The van der Waals surface area contributed by atoms with Crippen molar-refractivity contribution in [2.45, 2.75) is 11.8 Å². The maximum Gasteiger partial charge on any atom is 0.248 e. The number of para-hydroxylation sites is 1. The Balaban J connectivity index is 1.93. The van der Waals surface area contributed by atoms with Crippen molar-refractivity contribution in [1.29, 1.82) is 0 Å². The van der Waals surface area contributed by atoms with Gasteiger partial charge in [-0.15, -0.1) is 0 Å². The van der Waals surface area contributed by atoms with Gasteiger partial charge in [-0.2, -0.15) is 0 Å². The minimum absolute atomic E-state index is 0.138. The summed E-state index contributed by atoms with van der Waals surface area (Å²) in [4.78, 5) is 24.8. The standard InChI is InChI=1S/C22H17ClN2O2/c23-18-11-5-10-17-19(18)25-21(27)22(17,16-8-2-1-3-9-16)13-14-6-4-7-15(12-14)20(24)26/h1-12H,13H2,(H2,24,26)(H,25,27). The first-order chi connectivity index (χ1) is 13.0. The van der Waals surface area contributed by atoms with Crippen molar-refractivity contribution in [2.75, 3.05) is 5.32 Å². The van der Waals surface area contributed by atoms with Crippen molar-refractivity contribution in [3.05, 3.63) is 100 Å². The lowest BCUT2D eigenvalue weighted by atomic mass is 9.71. The Bertz CT molecular complexity index is 1050. The predicted molar refractivity (Wildman–Crippen MR) is 106 cm³/mol. The van der Waals surface area contributed by atoms with E-state index in [4.69, 9.17) is 17.3 Å². The molecule has 1 heterocycles.